The van der Waals surface area contributed by atoms with Gasteiger partial charge in [0, 0.05) is 18.0 Å². The first-order chi connectivity index (χ1) is 13.8. The molecule has 0 spiro atoms. The van der Waals surface area contributed by atoms with Crippen molar-refractivity contribution in [2.75, 3.05) is 19.7 Å². The molecule has 0 aromatic heterocycles. The van der Waals surface area contributed by atoms with E-state index in [9.17, 15) is 5.11 Å². The minimum atomic E-state index is 0.312. The Morgan fingerprint density at radius 1 is 1.07 bits per heavy atom. The molecule has 2 bridgehead atoms. The van der Waals surface area contributed by atoms with Crippen molar-refractivity contribution < 1.29 is 9.84 Å². The van der Waals surface area contributed by atoms with Crippen LogP contribution in [0.3, 0.4) is 0 Å². The number of para-hydroxylation sites is 1. The average Bonchev–Trinajstić information content (AvgIpc) is 2.74. The van der Waals surface area contributed by atoms with E-state index in [0.717, 1.165) is 37.7 Å². The van der Waals surface area contributed by atoms with E-state index in [4.69, 9.17) is 4.74 Å². The Morgan fingerprint density at radius 2 is 1.96 bits per heavy atom. The van der Waals surface area contributed by atoms with Gasteiger partial charge in [0.1, 0.15) is 11.5 Å². The molecule has 2 aromatic carbocycles. The number of benzene rings is 2. The van der Waals surface area contributed by atoms with Crippen molar-refractivity contribution in [3.63, 3.8) is 0 Å². The molecular weight excluding hydrogens is 346 g/mol. The van der Waals surface area contributed by atoms with Crippen LogP contribution >= 0.6 is 0 Å². The summed E-state index contributed by atoms with van der Waals surface area (Å²) in [6, 6.07) is 17.0. The van der Waals surface area contributed by atoms with Crippen LogP contribution in [-0.4, -0.2) is 35.7 Å². The first kappa shape index (κ1) is 18.1. The van der Waals surface area contributed by atoms with E-state index in [1.54, 1.807) is 0 Å². The molecular formula is C25H31NO2. The summed E-state index contributed by atoms with van der Waals surface area (Å²) in [7, 11) is 0. The van der Waals surface area contributed by atoms with E-state index in [2.05, 4.69) is 17.0 Å². The summed E-state index contributed by atoms with van der Waals surface area (Å²) >= 11 is 0. The molecule has 3 nitrogen and oxygen atoms in total. The highest BCUT2D eigenvalue weighted by atomic mass is 16.5. The third-order valence-electron chi connectivity index (χ3n) is 7.54. The van der Waals surface area contributed by atoms with Crippen molar-refractivity contribution in [2.45, 2.75) is 56.4 Å². The van der Waals surface area contributed by atoms with Crippen LogP contribution in [0.4, 0.5) is 0 Å². The minimum absolute atomic E-state index is 0.312. The molecule has 0 unspecified atom stereocenters. The first-order valence-corrected chi connectivity index (χ1v) is 11.0. The number of piperidine rings is 1. The van der Waals surface area contributed by atoms with E-state index in [-0.39, 0.29) is 0 Å². The van der Waals surface area contributed by atoms with Gasteiger partial charge in [-0.15, -0.1) is 0 Å². The maximum Gasteiger partial charge on any atom is 0.119 e. The van der Waals surface area contributed by atoms with Crippen LogP contribution in [0.15, 0.2) is 48.5 Å². The Kier molecular flexibility index (Phi) is 4.80. The van der Waals surface area contributed by atoms with Gasteiger partial charge in [-0.25, -0.2) is 0 Å². The normalized spacial score (nSPS) is 29.0. The molecule has 2 aliphatic carbocycles. The molecule has 3 atom stereocenters. The molecule has 28 heavy (non-hydrogen) atoms. The third-order valence-corrected chi connectivity index (χ3v) is 7.54. The van der Waals surface area contributed by atoms with Gasteiger partial charge in [0.05, 0.1) is 6.61 Å². The lowest BCUT2D eigenvalue weighted by molar-refractivity contribution is -0.0130. The largest absolute Gasteiger partial charge is 0.508 e. The number of likely N-dealkylation sites (tertiary alicyclic amines) is 1. The van der Waals surface area contributed by atoms with Crippen LogP contribution in [-0.2, 0) is 11.8 Å². The molecule has 5 rings (SSSR count). The van der Waals surface area contributed by atoms with Crippen molar-refractivity contribution in [2.24, 2.45) is 5.92 Å². The van der Waals surface area contributed by atoms with Gasteiger partial charge >= 0.3 is 0 Å². The van der Waals surface area contributed by atoms with Crippen LogP contribution in [0, 0.1) is 5.92 Å². The van der Waals surface area contributed by atoms with E-state index in [0.29, 0.717) is 17.2 Å². The zero-order chi connectivity index (χ0) is 19.0. The standard InChI is InChI=1S/C25H31NO2/c27-20-11-10-19-17-24-22-9-4-5-12-25(22,23(19)18-20)13-15-26(24)14-6-16-28-21-7-2-1-3-8-21/h1-3,7-8,10-11,18,22,24,27H,4-6,9,12-17H2/t22-,24-,25-/m0/s1. The van der Waals surface area contributed by atoms with Gasteiger partial charge in [-0.3, -0.25) is 4.90 Å². The first-order valence-electron chi connectivity index (χ1n) is 11.0. The maximum atomic E-state index is 10.1. The van der Waals surface area contributed by atoms with Crippen LogP contribution in [0.25, 0.3) is 0 Å². The number of aromatic hydroxyl groups is 1. The molecule has 1 heterocycles. The van der Waals surface area contributed by atoms with Crippen molar-refractivity contribution in [1.29, 1.82) is 0 Å². The number of fused-ring (bicyclic) bond motifs is 1. The second kappa shape index (κ2) is 7.44. The van der Waals surface area contributed by atoms with E-state index in [1.807, 2.05) is 36.4 Å². The Balaban J connectivity index is 1.30. The van der Waals surface area contributed by atoms with Gasteiger partial charge < -0.3 is 9.84 Å². The highest BCUT2D eigenvalue weighted by Gasteiger charge is 2.53. The summed E-state index contributed by atoms with van der Waals surface area (Å²) in [4.78, 5) is 2.75. The highest BCUT2D eigenvalue weighted by molar-refractivity contribution is 5.45. The van der Waals surface area contributed by atoms with E-state index >= 15 is 0 Å². The van der Waals surface area contributed by atoms with Gasteiger partial charge in [-0.05, 0) is 80.0 Å². The summed E-state index contributed by atoms with van der Waals surface area (Å²) < 4.78 is 5.92. The zero-order valence-electron chi connectivity index (χ0n) is 16.6. The number of ether oxygens (including phenoxy) is 1. The van der Waals surface area contributed by atoms with Gasteiger partial charge in [-0.2, -0.15) is 0 Å². The predicted octanol–water partition coefficient (Wildman–Crippen LogP) is 4.92. The number of phenols is 1. The van der Waals surface area contributed by atoms with Crippen LogP contribution in [0.1, 0.15) is 49.7 Å². The number of phenolic OH excluding ortho intramolecular Hbond substituents is 1. The van der Waals surface area contributed by atoms with Crippen LogP contribution < -0.4 is 4.74 Å². The molecule has 2 fully saturated rings. The summed E-state index contributed by atoms with van der Waals surface area (Å²) in [6.45, 7) is 3.09. The van der Waals surface area contributed by atoms with Crippen molar-refractivity contribution in [1.82, 2.24) is 4.90 Å². The molecule has 1 saturated heterocycles. The lowest BCUT2D eigenvalue weighted by atomic mass is 9.52. The summed E-state index contributed by atoms with van der Waals surface area (Å²) in [6.07, 6.45) is 8.80. The molecule has 1 N–H and O–H groups in total. The summed E-state index contributed by atoms with van der Waals surface area (Å²) in [5, 5.41) is 10.1. The van der Waals surface area contributed by atoms with Gasteiger partial charge in [0.15, 0.2) is 0 Å². The second-order valence-electron chi connectivity index (χ2n) is 8.92. The van der Waals surface area contributed by atoms with Crippen molar-refractivity contribution >= 4 is 0 Å². The molecule has 3 heteroatoms. The monoisotopic (exact) mass is 377 g/mol. The third kappa shape index (κ3) is 3.10. The highest BCUT2D eigenvalue weighted by Crippen LogP contribution is 2.56. The number of nitrogens with zero attached hydrogens (tertiary/aromatic N) is 1. The van der Waals surface area contributed by atoms with E-state index < -0.39 is 0 Å². The Morgan fingerprint density at radius 3 is 2.86 bits per heavy atom. The Hall–Kier alpha value is -2.00. The Bertz CT molecular complexity index is 821. The second-order valence-corrected chi connectivity index (χ2v) is 8.92. The zero-order valence-corrected chi connectivity index (χ0v) is 16.6. The predicted molar refractivity (Wildman–Crippen MR) is 112 cm³/mol. The van der Waals surface area contributed by atoms with Gasteiger partial charge in [0.2, 0.25) is 0 Å². The fourth-order valence-electron chi connectivity index (χ4n) is 6.32. The molecule has 0 amide bonds. The average molecular weight is 378 g/mol. The summed E-state index contributed by atoms with van der Waals surface area (Å²) in [5.41, 5.74) is 3.26. The lowest BCUT2D eigenvalue weighted by Crippen LogP contribution is -2.61. The number of hydrogen-bond donors (Lipinski definition) is 1. The Labute approximate surface area is 168 Å². The number of hydrogen-bond acceptors (Lipinski definition) is 3. The summed E-state index contributed by atoms with van der Waals surface area (Å²) in [5.74, 6) is 2.16. The van der Waals surface area contributed by atoms with Crippen molar-refractivity contribution in [3.05, 3.63) is 59.7 Å². The minimum Gasteiger partial charge on any atom is -0.508 e. The van der Waals surface area contributed by atoms with Crippen molar-refractivity contribution in [3.8, 4) is 11.5 Å². The molecule has 3 aliphatic rings. The van der Waals surface area contributed by atoms with Gasteiger partial charge in [-0.1, -0.05) is 37.1 Å². The molecule has 1 aliphatic heterocycles. The number of rotatable bonds is 5. The van der Waals surface area contributed by atoms with Crippen LogP contribution in [0.2, 0.25) is 0 Å². The van der Waals surface area contributed by atoms with Crippen LogP contribution in [0.5, 0.6) is 11.5 Å². The molecule has 1 saturated carbocycles. The quantitative estimate of drug-likeness (QED) is 0.751. The molecule has 148 valence electrons. The fourth-order valence-corrected chi connectivity index (χ4v) is 6.32. The molecule has 0 radical (unpaired) electrons. The fraction of sp³-hybridized carbons (Fsp3) is 0.520. The lowest BCUT2D eigenvalue weighted by Gasteiger charge is -2.59. The molecule has 2 aromatic rings. The van der Waals surface area contributed by atoms with Gasteiger partial charge in [0.25, 0.3) is 0 Å². The maximum absolute atomic E-state index is 10.1. The topological polar surface area (TPSA) is 32.7 Å². The van der Waals surface area contributed by atoms with E-state index in [1.165, 1.54) is 49.8 Å². The SMILES string of the molecule is Oc1ccc2c(c1)[C@]13CCCC[C@H]1[C@H](C2)N(CCCOc1ccccc1)CC3. The smallest absolute Gasteiger partial charge is 0.119 e.